The Morgan fingerprint density at radius 2 is 2.12 bits per heavy atom. The highest BCUT2D eigenvalue weighted by Crippen LogP contribution is 2.32. The number of hydrogen-bond donors (Lipinski definition) is 1. The third-order valence-corrected chi connectivity index (χ3v) is 5.22. The minimum absolute atomic E-state index is 0.00437. The van der Waals surface area contributed by atoms with Gasteiger partial charge in [0.1, 0.15) is 0 Å². The van der Waals surface area contributed by atoms with Crippen molar-refractivity contribution in [3.05, 3.63) is 35.4 Å². The zero-order valence-electron chi connectivity index (χ0n) is 13.9. The fourth-order valence-corrected chi connectivity index (χ4v) is 3.85. The van der Waals surface area contributed by atoms with Crippen LogP contribution >= 0.6 is 0 Å². The number of ether oxygens (including phenoxy) is 1. The third-order valence-electron chi connectivity index (χ3n) is 5.22. The molecule has 128 valence electrons. The maximum Gasteiger partial charge on any atom is 0.223 e. The van der Waals surface area contributed by atoms with Crippen molar-refractivity contribution in [3.63, 3.8) is 0 Å². The normalized spacial score (nSPS) is 27.0. The van der Waals surface area contributed by atoms with Crippen molar-refractivity contribution in [2.75, 3.05) is 19.8 Å². The fraction of sp³-hybridized carbons (Fsp3) is 0.579. The molecule has 0 bridgehead atoms. The predicted octanol–water partition coefficient (Wildman–Crippen LogP) is 1.88. The highest BCUT2D eigenvalue weighted by Gasteiger charge is 2.39. The van der Waals surface area contributed by atoms with Crippen molar-refractivity contribution >= 4 is 5.91 Å². The van der Waals surface area contributed by atoms with Crippen LogP contribution in [0.2, 0.25) is 0 Å². The first-order valence-corrected chi connectivity index (χ1v) is 8.73. The van der Waals surface area contributed by atoms with Gasteiger partial charge in [-0.15, -0.1) is 0 Å². The van der Waals surface area contributed by atoms with Crippen LogP contribution in [0.15, 0.2) is 24.3 Å². The molecule has 0 radical (unpaired) electrons. The Labute approximate surface area is 142 Å². The lowest BCUT2D eigenvalue weighted by molar-refractivity contribution is -0.143. The number of nitrogens with zero attached hydrogens (tertiary/aromatic N) is 2. The lowest BCUT2D eigenvalue weighted by atomic mass is 9.93. The standard InChI is InChI=1S/C19H24N2O3/c20-12-15-6-4-14(5-7-15)8-9-19(23)21-10-11-24-13-17(21)16-2-1-3-18(16)22/h4-7,16-18,22H,1-3,8-11,13H2/t16-,17-,18-/m1/s1. The Morgan fingerprint density at radius 3 is 2.79 bits per heavy atom. The van der Waals surface area contributed by atoms with Crippen molar-refractivity contribution < 1.29 is 14.6 Å². The molecule has 1 aromatic rings. The van der Waals surface area contributed by atoms with Crippen LogP contribution in [0, 0.1) is 17.2 Å². The Hall–Kier alpha value is -1.90. The van der Waals surface area contributed by atoms with Gasteiger partial charge in [0.05, 0.1) is 37.0 Å². The van der Waals surface area contributed by atoms with E-state index >= 15 is 0 Å². The van der Waals surface area contributed by atoms with Gasteiger partial charge >= 0.3 is 0 Å². The molecule has 3 atom stereocenters. The Kier molecular flexibility index (Phi) is 5.49. The maximum absolute atomic E-state index is 12.7. The van der Waals surface area contributed by atoms with E-state index < -0.39 is 0 Å². The lowest BCUT2D eigenvalue weighted by Gasteiger charge is -2.40. The van der Waals surface area contributed by atoms with Gasteiger partial charge in [-0.05, 0) is 37.0 Å². The first-order chi connectivity index (χ1) is 11.7. The number of nitriles is 1. The molecule has 1 amide bonds. The zero-order valence-corrected chi connectivity index (χ0v) is 13.9. The fourth-order valence-electron chi connectivity index (χ4n) is 3.85. The number of amides is 1. The quantitative estimate of drug-likeness (QED) is 0.916. The average molecular weight is 328 g/mol. The molecule has 0 aromatic heterocycles. The molecule has 1 heterocycles. The number of carbonyl (C=O) groups is 1. The molecule has 1 aliphatic carbocycles. The number of rotatable bonds is 4. The van der Waals surface area contributed by atoms with Gasteiger partial charge in [-0.2, -0.15) is 5.26 Å². The van der Waals surface area contributed by atoms with Crippen LogP contribution in [-0.2, 0) is 16.0 Å². The number of aliphatic hydroxyl groups excluding tert-OH is 1. The van der Waals surface area contributed by atoms with E-state index in [1.165, 1.54) is 0 Å². The van der Waals surface area contributed by atoms with E-state index in [0.717, 1.165) is 24.8 Å². The SMILES string of the molecule is N#Cc1ccc(CCC(=O)N2CCOC[C@@H]2[C@H]2CCC[C@H]2O)cc1. The van der Waals surface area contributed by atoms with Gasteiger partial charge in [-0.25, -0.2) is 0 Å². The molecular weight excluding hydrogens is 304 g/mol. The van der Waals surface area contributed by atoms with Crippen LogP contribution in [0.25, 0.3) is 0 Å². The molecule has 0 spiro atoms. The third kappa shape index (κ3) is 3.77. The van der Waals surface area contributed by atoms with Gasteiger partial charge in [-0.1, -0.05) is 18.6 Å². The molecule has 3 rings (SSSR count). The molecule has 5 heteroatoms. The summed E-state index contributed by atoms with van der Waals surface area (Å²) in [7, 11) is 0. The maximum atomic E-state index is 12.7. The molecule has 1 saturated heterocycles. The van der Waals surface area contributed by atoms with Crippen molar-refractivity contribution in [2.45, 2.75) is 44.2 Å². The number of aliphatic hydroxyl groups is 1. The molecule has 24 heavy (non-hydrogen) atoms. The van der Waals surface area contributed by atoms with Crippen LogP contribution in [-0.4, -0.2) is 47.8 Å². The summed E-state index contributed by atoms with van der Waals surface area (Å²) in [6.07, 6.45) is 3.62. The monoisotopic (exact) mass is 328 g/mol. The van der Waals surface area contributed by atoms with Crippen molar-refractivity contribution in [1.82, 2.24) is 4.90 Å². The second kappa shape index (κ2) is 7.78. The number of aryl methyl sites for hydroxylation is 1. The number of hydrogen-bond acceptors (Lipinski definition) is 4. The van der Waals surface area contributed by atoms with E-state index in [4.69, 9.17) is 10.00 Å². The number of carbonyl (C=O) groups excluding carboxylic acids is 1. The Morgan fingerprint density at radius 1 is 1.33 bits per heavy atom. The molecule has 2 fully saturated rings. The van der Waals surface area contributed by atoms with E-state index in [1.807, 2.05) is 17.0 Å². The molecule has 1 saturated carbocycles. The number of benzene rings is 1. The van der Waals surface area contributed by atoms with Gasteiger partial charge in [0.25, 0.3) is 0 Å². The molecule has 1 aromatic carbocycles. The Bertz CT molecular complexity index is 608. The summed E-state index contributed by atoms with van der Waals surface area (Å²) in [6, 6.07) is 9.48. The topological polar surface area (TPSA) is 73.6 Å². The summed E-state index contributed by atoms with van der Waals surface area (Å²) >= 11 is 0. The van der Waals surface area contributed by atoms with Gasteiger partial charge < -0.3 is 14.7 Å². The predicted molar refractivity (Wildman–Crippen MR) is 89.1 cm³/mol. The van der Waals surface area contributed by atoms with Crippen molar-refractivity contribution in [3.8, 4) is 6.07 Å². The average Bonchev–Trinajstić information content (AvgIpc) is 3.06. The van der Waals surface area contributed by atoms with E-state index in [9.17, 15) is 9.90 Å². The summed E-state index contributed by atoms with van der Waals surface area (Å²) in [6.45, 7) is 1.71. The van der Waals surface area contributed by atoms with Crippen LogP contribution < -0.4 is 0 Å². The summed E-state index contributed by atoms with van der Waals surface area (Å²) in [5.41, 5.74) is 1.70. The van der Waals surface area contributed by atoms with E-state index in [1.54, 1.807) is 12.1 Å². The minimum atomic E-state index is -0.314. The van der Waals surface area contributed by atoms with E-state index in [0.29, 0.717) is 38.2 Å². The van der Waals surface area contributed by atoms with Crippen LogP contribution in [0.5, 0.6) is 0 Å². The summed E-state index contributed by atoms with van der Waals surface area (Å²) < 4.78 is 5.58. The van der Waals surface area contributed by atoms with Crippen molar-refractivity contribution in [1.29, 1.82) is 5.26 Å². The Balaban J connectivity index is 1.60. The van der Waals surface area contributed by atoms with Crippen LogP contribution in [0.1, 0.15) is 36.8 Å². The lowest BCUT2D eigenvalue weighted by Crippen LogP contribution is -2.53. The van der Waals surface area contributed by atoms with E-state index in [-0.39, 0.29) is 24.0 Å². The molecule has 0 unspecified atom stereocenters. The molecule has 5 nitrogen and oxygen atoms in total. The summed E-state index contributed by atoms with van der Waals surface area (Å²) in [4.78, 5) is 14.6. The van der Waals surface area contributed by atoms with Gasteiger partial charge in [0.2, 0.25) is 5.91 Å². The second-order valence-electron chi connectivity index (χ2n) is 6.70. The first kappa shape index (κ1) is 16.9. The molecule has 2 aliphatic rings. The van der Waals surface area contributed by atoms with Crippen molar-refractivity contribution in [2.24, 2.45) is 5.92 Å². The smallest absolute Gasteiger partial charge is 0.223 e. The summed E-state index contributed by atoms with van der Waals surface area (Å²) in [5, 5.41) is 19.0. The summed E-state index contributed by atoms with van der Waals surface area (Å²) in [5.74, 6) is 0.274. The minimum Gasteiger partial charge on any atom is -0.393 e. The number of morpholine rings is 1. The molecule has 1 N–H and O–H groups in total. The largest absolute Gasteiger partial charge is 0.393 e. The highest BCUT2D eigenvalue weighted by molar-refractivity contribution is 5.77. The molecular formula is C19H24N2O3. The van der Waals surface area contributed by atoms with Gasteiger partial charge in [0.15, 0.2) is 0 Å². The van der Waals surface area contributed by atoms with Crippen LogP contribution in [0.3, 0.4) is 0 Å². The zero-order chi connectivity index (χ0) is 16.9. The second-order valence-corrected chi connectivity index (χ2v) is 6.70. The van der Waals surface area contributed by atoms with Crippen LogP contribution in [0.4, 0.5) is 0 Å². The highest BCUT2D eigenvalue weighted by atomic mass is 16.5. The molecule has 1 aliphatic heterocycles. The van der Waals surface area contributed by atoms with Gasteiger partial charge in [-0.3, -0.25) is 4.79 Å². The van der Waals surface area contributed by atoms with E-state index in [2.05, 4.69) is 6.07 Å². The first-order valence-electron chi connectivity index (χ1n) is 8.73. The van der Waals surface area contributed by atoms with Gasteiger partial charge in [0, 0.05) is 18.9 Å².